The molecule has 10 aromatic rings. The van der Waals surface area contributed by atoms with E-state index in [4.69, 9.17) is 77.4 Å². The second-order valence-corrected chi connectivity index (χ2v) is 25.7. The molecular formula is C75H63Cl3F7N10NaO15. The van der Waals surface area contributed by atoms with Crippen molar-refractivity contribution in [1.82, 2.24) is 49.8 Å². The molecule has 0 spiro atoms. The van der Waals surface area contributed by atoms with E-state index < -0.39 is 81.0 Å². The molecule has 0 radical (unpaired) electrons. The Morgan fingerprint density at radius 2 is 0.649 bits per heavy atom. The molecule has 4 fully saturated rings. The van der Waals surface area contributed by atoms with E-state index in [-0.39, 0.29) is 112 Å². The van der Waals surface area contributed by atoms with Crippen LogP contribution in [0.15, 0.2) is 121 Å². The van der Waals surface area contributed by atoms with E-state index >= 15 is 0 Å². The van der Waals surface area contributed by atoms with Crippen LogP contribution >= 0.6 is 34.8 Å². The summed E-state index contributed by atoms with van der Waals surface area (Å²) in [6.07, 6.45) is 3.82. The van der Waals surface area contributed by atoms with Gasteiger partial charge in [-0.15, -0.1) is 0 Å². The first-order valence-corrected chi connectivity index (χ1v) is 34.0. The fourth-order valence-corrected chi connectivity index (χ4v) is 11.1. The van der Waals surface area contributed by atoms with E-state index in [2.05, 4.69) is 54.6 Å². The van der Waals surface area contributed by atoms with Gasteiger partial charge in [-0.3, -0.25) is 0 Å². The molecule has 5 heterocycles. The molecule has 574 valence electrons. The van der Waals surface area contributed by atoms with Gasteiger partial charge in [0.1, 0.15) is 67.6 Å². The van der Waals surface area contributed by atoms with Gasteiger partial charge in [0.15, 0.2) is 40.5 Å². The van der Waals surface area contributed by atoms with E-state index in [1.54, 1.807) is 32.9 Å². The number of esters is 3. The van der Waals surface area contributed by atoms with E-state index in [0.717, 1.165) is 30.3 Å². The van der Waals surface area contributed by atoms with Gasteiger partial charge in [0, 0.05) is 115 Å². The van der Waals surface area contributed by atoms with Crippen LogP contribution < -0.4 is 67.8 Å². The summed E-state index contributed by atoms with van der Waals surface area (Å²) in [5, 5.41) is 12.4. The molecular weight excluding hydrogens is 1540 g/mol. The Morgan fingerprint density at radius 1 is 0.351 bits per heavy atom. The smallest absolute Gasteiger partial charge is 0.546 e. The third-order valence-electron chi connectivity index (χ3n) is 16.5. The summed E-state index contributed by atoms with van der Waals surface area (Å²) in [5.41, 5.74) is -1.73. The molecule has 4 saturated carbocycles. The van der Waals surface area contributed by atoms with Crippen LogP contribution in [0.25, 0.3) is 56.5 Å². The molecule has 111 heavy (non-hydrogen) atoms. The second-order valence-electron chi connectivity index (χ2n) is 24.5. The number of halogens is 10. The van der Waals surface area contributed by atoms with Crippen molar-refractivity contribution in [2.45, 2.75) is 94.5 Å². The first kappa shape index (κ1) is 84.4. The maximum absolute atomic E-state index is 13.8. The topological polar surface area (TPSA) is 313 Å². The number of nitrogens with zero attached hydrogens (tertiary/aromatic N) is 10. The summed E-state index contributed by atoms with van der Waals surface area (Å²) in [7, 11) is 8.11. The number of carboxylic acids is 1. The Bertz CT molecular complexity index is 5080. The van der Waals surface area contributed by atoms with Crippen LogP contribution in [-0.2, 0) is 33.4 Å². The third kappa shape index (κ3) is 21.3. The summed E-state index contributed by atoms with van der Waals surface area (Å²) in [6.45, 7) is 5.15. The number of carboxylic acid groups (broad SMARTS) is 1. The van der Waals surface area contributed by atoms with Gasteiger partial charge in [-0.25, -0.2) is 75.0 Å². The van der Waals surface area contributed by atoms with Crippen molar-refractivity contribution >= 4 is 58.7 Å². The molecule has 14 rings (SSSR count). The Balaban J connectivity index is 0.000000166. The van der Waals surface area contributed by atoms with Crippen LogP contribution in [0.1, 0.15) is 68.8 Å². The molecule has 5 aromatic heterocycles. The van der Waals surface area contributed by atoms with Crippen molar-refractivity contribution in [3.05, 3.63) is 195 Å². The van der Waals surface area contributed by atoms with Gasteiger partial charge in [-0.1, -0.05) is 34.8 Å². The number of aliphatic carboxylic acids is 1. The van der Waals surface area contributed by atoms with Gasteiger partial charge in [0.25, 0.3) is 0 Å². The molecule has 0 bridgehead atoms. The standard InChI is InChI=1S/C22H17F3N2O4.C21H15F3N2O4.C17H17FN2O4.C10H11ClN2O3.C5H4Cl2N2.Na/c1-29-18-10-13(23)4-5-14(18)17-11-19(31-22(7-8-22)21(28)30-2)27-20(26-17)12-3-6-15(24)16(25)9-12;1-29-17-9-12(22)3-4-13(17)16-10-18(30-21(6-7-21)20(27)28)26-19(25-16)11-2-5-14(23)15(24)8-11;1-10-19-13(12-5-4-11(18)8-14(12)22-2)9-15(20-10)24-17(6-7-17)16(21)23-3;1-6-12-7(11)5-8(13-6)16-10(3-4-10)9(14)15-2;1-3-8-4(6)2-5(7)9-3;/h3-6,9-11H,7-8H2,1-2H3;2-5,8-10H,6-7H2,1H3,(H,27,28);4-5,8-9H,6-7H2,1-3H3;5H,3-4H2,1-2H3;2H,1H3;/q;;;;;+1/p-1. The zero-order chi connectivity index (χ0) is 79.6. The number of ether oxygens (including phenoxy) is 10. The van der Waals surface area contributed by atoms with Crippen molar-refractivity contribution in [2.75, 3.05) is 42.7 Å². The normalized spacial score (nSPS) is 14.2. The van der Waals surface area contributed by atoms with Gasteiger partial charge >= 0.3 is 47.5 Å². The van der Waals surface area contributed by atoms with Crippen LogP contribution in [0.2, 0.25) is 15.5 Å². The molecule has 0 saturated heterocycles. The van der Waals surface area contributed by atoms with Crippen LogP contribution in [0.4, 0.5) is 30.7 Å². The number of rotatable bonds is 20. The first-order chi connectivity index (χ1) is 52.4. The zero-order valence-electron chi connectivity index (χ0n) is 60.6. The van der Waals surface area contributed by atoms with Gasteiger partial charge in [-0.05, 0) is 106 Å². The van der Waals surface area contributed by atoms with Crippen molar-refractivity contribution in [3.8, 4) is 97.3 Å². The van der Waals surface area contributed by atoms with Gasteiger partial charge in [0.2, 0.25) is 40.3 Å². The summed E-state index contributed by atoms with van der Waals surface area (Å²) >= 11 is 16.8. The minimum atomic E-state index is -1.50. The number of aromatic nitrogens is 10. The average Bonchev–Trinajstić information content (AvgIpc) is 1.68. The predicted octanol–water partition coefficient (Wildman–Crippen LogP) is 10.5. The van der Waals surface area contributed by atoms with Crippen molar-refractivity contribution in [1.29, 1.82) is 0 Å². The molecule has 4 aliphatic rings. The third-order valence-corrected chi connectivity index (χ3v) is 17.1. The monoisotopic (exact) mass is 1600 g/mol. The van der Waals surface area contributed by atoms with Crippen molar-refractivity contribution in [2.24, 2.45) is 0 Å². The largest absolute Gasteiger partial charge is 1.00 e. The molecule has 0 N–H and O–H groups in total. The van der Waals surface area contributed by atoms with Crippen LogP contribution in [0.3, 0.4) is 0 Å². The number of methoxy groups -OCH3 is 6. The van der Waals surface area contributed by atoms with E-state index in [9.17, 15) is 55.0 Å². The maximum Gasteiger partial charge on any atom is 1.00 e. The van der Waals surface area contributed by atoms with Crippen molar-refractivity contribution < 1.29 is 132 Å². The number of aryl methyl sites for hydroxylation is 3. The fourth-order valence-electron chi connectivity index (χ4n) is 10.4. The summed E-state index contributed by atoms with van der Waals surface area (Å²) in [6, 6.07) is 25.6. The number of hydrogen-bond acceptors (Lipinski definition) is 25. The number of hydrogen-bond donors (Lipinski definition) is 0. The number of carbonyl (C=O) groups is 4. The van der Waals surface area contributed by atoms with Gasteiger partial charge in [-0.2, -0.15) is 19.9 Å². The molecule has 25 nitrogen and oxygen atoms in total. The SMILES string of the molecule is COC(=O)C1(Oc2cc(-c3ccc(F)cc3OC)nc(-c3ccc(F)c(F)c3)n2)CC1.COC(=O)C1(Oc2cc(-c3ccc(F)cc3OC)nc(C)n2)CC1.COC(=O)C1(Oc2cc(Cl)nc(C)n2)CC1.COc1cc(F)ccc1-c1cc(OC2(C(=O)[O-])CC2)nc(-c2ccc(F)c(F)c2)n1.Cc1nc(Cl)cc(Cl)n1.[Na+]. The van der Waals surface area contributed by atoms with E-state index in [1.807, 2.05) is 0 Å². The van der Waals surface area contributed by atoms with Crippen LogP contribution in [0, 0.1) is 61.5 Å². The summed E-state index contributed by atoms with van der Waals surface area (Å²) < 4.78 is 147. The summed E-state index contributed by atoms with van der Waals surface area (Å²) in [4.78, 5) is 88.0. The number of benzene rings is 5. The molecule has 0 aliphatic heterocycles. The molecule has 0 unspecified atom stereocenters. The number of carbonyl (C=O) groups excluding carboxylic acids is 4. The van der Waals surface area contributed by atoms with E-state index in [0.29, 0.717) is 105 Å². The van der Waals surface area contributed by atoms with Gasteiger partial charge in [0.05, 0.1) is 65.7 Å². The average molecular weight is 1610 g/mol. The summed E-state index contributed by atoms with van der Waals surface area (Å²) in [5.74, 6) is -5.61. The molecule has 0 atom stereocenters. The molecule has 5 aromatic carbocycles. The van der Waals surface area contributed by atoms with Crippen LogP contribution in [0.5, 0.6) is 40.8 Å². The maximum atomic E-state index is 13.8. The van der Waals surface area contributed by atoms with Gasteiger partial charge < -0.3 is 57.3 Å². The predicted molar refractivity (Wildman–Crippen MR) is 377 cm³/mol. The molecule has 36 heteroatoms. The van der Waals surface area contributed by atoms with Crippen molar-refractivity contribution in [3.63, 3.8) is 0 Å². The Hall–Kier alpha value is -10.6. The van der Waals surface area contributed by atoms with Crippen LogP contribution in [-0.4, -0.2) is 139 Å². The minimum Gasteiger partial charge on any atom is -0.546 e. The second kappa shape index (κ2) is 36.0. The first-order valence-electron chi connectivity index (χ1n) is 32.8. The Morgan fingerprint density at radius 3 is 0.946 bits per heavy atom. The Kier molecular flexibility index (Phi) is 27.4. The quantitative estimate of drug-likeness (QED) is 0.0225. The minimum absolute atomic E-state index is 0. The van der Waals surface area contributed by atoms with E-state index in [1.165, 1.54) is 122 Å². The fraction of sp³-hybridized carbons (Fsp3) is 0.280. The molecule has 4 aliphatic carbocycles. The zero-order valence-corrected chi connectivity index (χ0v) is 64.8. The molecule has 0 amide bonds. The Labute approximate surface area is 665 Å².